The predicted octanol–water partition coefficient (Wildman–Crippen LogP) is 3.82. The summed E-state index contributed by atoms with van der Waals surface area (Å²) in [4.78, 5) is 15.5. The molecule has 5 nitrogen and oxygen atoms in total. The normalized spacial score (nSPS) is 32.1. The van der Waals surface area contributed by atoms with Crippen LogP contribution in [-0.4, -0.2) is 53.7 Å². The van der Waals surface area contributed by atoms with Gasteiger partial charge in [0.15, 0.2) is 23.4 Å². The van der Waals surface area contributed by atoms with Crippen LogP contribution in [0.4, 0.5) is 0 Å². The van der Waals surface area contributed by atoms with Crippen LogP contribution in [-0.2, 0) is 27.8 Å². The molecular weight excluding hydrogens is 426 g/mol. The Morgan fingerprint density at radius 2 is 2.00 bits per heavy atom. The van der Waals surface area contributed by atoms with Gasteiger partial charge in [-0.3, -0.25) is 4.79 Å². The summed E-state index contributed by atoms with van der Waals surface area (Å²) in [5.74, 6) is 0.818. The van der Waals surface area contributed by atoms with E-state index in [1.54, 1.807) is 6.07 Å². The van der Waals surface area contributed by atoms with E-state index in [4.69, 9.17) is 9.47 Å². The lowest BCUT2D eigenvalue weighted by atomic mass is 9.49. The first-order valence-electron chi connectivity index (χ1n) is 11.5. The Bertz CT molecular complexity index is 1040. The fourth-order valence-electron chi connectivity index (χ4n) is 6.98. The van der Waals surface area contributed by atoms with Crippen LogP contribution in [0.1, 0.15) is 42.4 Å². The van der Waals surface area contributed by atoms with E-state index < -0.39 is 17.1 Å². The molecule has 1 N–H and O–H groups in total. The molecule has 2 fully saturated rings. The molecule has 1 saturated heterocycles. The third kappa shape index (κ3) is 2.74. The van der Waals surface area contributed by atoms with E-state index in [0.717, 1.165) is 44.2 Å². The van der Waals surface area contributed by atoms with Gasteiger partial charge in [0.2, 0.25) is 0 Å². The third-order valence-corrected chi connectivity index (χ3v) is 8.30. The van der Waals surface area contributed by atoms with Gasteiger partial charge in [-0.2, -0.15) is 0 Å². The van der Waals surface area contributed by atoms with Gasteiger partial charge in [0.05, 0.1) is 11.0 Å². The predicted molar refractivity (Wildman–Crippen MR) is 124 cm³/mol. The van der Waals surface area contributed by atoms with E-state index >= 15 is 0 Å². The van der Waals surface area contributed by atoms with Crippen molar-refractivity contribution in [1.29, 1.82) is 0 Å². The molecule has 1 saturated carbocycles. The number of hydrogen-bond donors (Lipinski definition) is 1. The van der Waals surface area contributed by atoms with Crippen molar-refractivity contribution in [3.05, 3.63) is 59.2 Å². The van der Waals surface area contributed by atoms with Gasteiger partial charge in [-0.25, -0.2) is 0 Å². The van der Waals surface area contributed by atoms with Crippen LogP contribution in [0, 0.1) is 0 Å². The maximum absolute atomic E-state index is 13.1. The number of hydrogen-bond acceptors (Lipinski definition) is 5. The van der Waals surface area contributed by atoms with Crippen molar-refractivity contribution >= 4 is 18.2 Å². The van der Waals surface area contributed by atoms with E-state index in [0.29, 0.717) is 18.8 Å². The summed E-state index contributed by atoms with van der Waals surface area (Å²) in [5.41, 5.74) is 2.62. The number of phenols is 1. The van der Waals surface area contributed by atoms with E-state index in [-0.39, 0.29) is 30.0 Å². The molecule has 0 amide bonds. The fraction of sp³-hybridized carbons (Fsp3) is 0.500. The Morgan fingerprint density at radius 3 is 2.81 bits per heavy atom. The summed E-state index contributed by atoms with van der Waals surface area (Å²) in [6, 6.07) is 14.5. The van der Waals surface area contributed by atoms with Crippen molar-refractivity contribution in [3.8, 4) is 11.5 Å². The molecule has 6 rings (SSSR count). The molecule has 4 aliphatic rings. The molecule has 4 atom stereocenters. The van der Waals surface area contributed by atoms with Gasteiger partial charge in [0.1, 0.15) is 0 Å². The molecule has 0 radical (unpaired) electrons. The van der Waals surface area contributed by atoms with E-state index in [2.05, 4.69) is 36.2 Å². The van der Waals surface area contributed by atoms with Crippen LogP contribution in [0.5, 0.6) is 11.5 Å². The Hall–Kier alpha value is -2.08. The number of likely N-dealkylation sites (tertiary alicyclic amines) is 1. The van der Waals surface area contributed by atoms with Crippen LogP contribution in [0.3, 0.4) is 0 Å². The Balaban J connectivity index is 0.00000216. The lowest BCUT2D eigenvalue weighted by Gasteiger charge is -2.64. The number of carbonyl (C=O) groups is 1. The van der Waals surface area contributed by atoms with Crippen LogP contribution in [0.2, 0.25) is 0 Å². The highest BCUT2D eigenvalue weighted by Crippen LogP contribution is 2.65. The maximum atomic E-state index is 13.1. The van der Waals surface area contributed by atoms with Crippen LogP contribution in [0.25, 0.3) is 0 Å². The lowest BCUT2D eigenvalue weighted by molar-refractivity contribution is -0.210. The number of rotatable bonds is 5. The zero-order valence-corrected chi connectivity index (χ0v) is 19.2. The van der Waals surface area contributed by atoms with Gasteiger partial charge < -0.3 is 19.5 Å². The van der Waals surface area contributed by atoms with Gasteiger partial charge >= 0.3 is 0 Å². The van der Waals surface area contributed by atoms with Gasteiger partial charge in [-0.1, -0.05) is 36.4 Å². The molecular formula is C26H30ClNO4. The number of Topliss-reactive ketones (excluding diaryl/α,β-unsaturated/α-hetero) is 1. The van der Waals surface area contributed by atoms with Crippen molar-refractivity contribution in [2.24, 2.45) is 0 Å². The SMILES string of the molecule is CN1CC[C@]23c4c5ccc(O)c4OC2C(=O)CC[C@@]3(OCCCc2ccccc2)[C@H]1C5.Cl. The van der Waals surface area contributed by atoms with Crippen LogP contribution >= 0.6 is 12.4 Å². The molecule has 2 aromatic carbocycles. The second kappa shape index (κ2) is 7.75. The molecule has 1 spiro atoms. The Kier molecular flexibility index (Phi) is 5.27. The topological polar surface area (TPSA) is 59.0 Å². The highest BCUT2D eigenvalue weighted by Gasteiger charge is 2.73. The molecule has 6 heteroatoms. The standard InChI is InChI=1S/C26H29NO4.ClH/c1-27-14-13-25-22-18-9-10-19(28)23(22)31-24(25)20(29)11-12-26(25,21(27)16-18)30-15-5-8-17-6-3-2-4-7-17;/h2-4,6-7,9-10,21,24,28H,5,8,11-16H2,1H3;1H/t21-,24?,25+,26-;/m1./s1. The number of benzene rings is 2. The van der Waals surface area contributed by atoms with E-state index in [9.17, 15) is 9.90 Å². The summed E-state index contributed by atoms with van der Waals surface area (Å²) < 4.78 is 13.2. The highest BCUT2D eigenvalue weighted by molar-refractivity contribution is 5.90. The zero-order valence-electron chi connectivity index (χ0n) is 18.4. The number of aryl methyl sites for hydroxylation is 1. The molecule has 2 heterocycles. The largest absolute Gasteiger partial charge is 0.504 e. The van der Waals surface area contributed by atoms with E-state index in [1.807, 2.05) is 12.1 Å². The minimum absolute atomic E-state index is 0. The van der Waals surface area contributed by atoms with Crippen LogP contribution < -0.4 is 4.74 Å². The molecule has 2 bridgehead atoms. The van der Waals surface area contributed by atoms with Crippen molar-refractivity contribution < 1.29 is 19.4 Å². The Labute approximate surface area is 195 Å². The van der Waals surface area contributed by atoms with Gasteiger partial charge in [-0.05, 0) is 62.9 Å². The average Bonchev–Trinajstić information content (AvgIpc) is 3.15. The molecule has 170 valence electrons. The van der Waals surface area contributed by atoms with Gasteiger partial charge in [-0.15, -0.1) is 12.4 Å². The minimum atomic E-state index is -0.547. The summed E-state index contributed by atoms with van der Waals surface area (Å²) in [6.45, 7) is 1.56. The Morgan fingerprint density at radius 1 is 1.19 bits per heavy atom. The number of halogens is 1. The smallest absolute Gasteiger partial charge is 0.174 e. The highest BCUT2D eigenvalue weighted by atomic mass is 35.5. The number of carbonyl (C=O) groups excluding carboxylic acids is 1. The molecule has 32 heavy (non-hydrogen) atoms. The zero-order chi connectivity index (χ0) is 21.2. The lowest BCUT2D eigenvalue weighted by Crippen LogP contribution is -2.77. The number of ketones is 1. The summed E-state index contributed by atoms with van der Waals surface area (Å²) in [7, 11) is 2.18. The number of piperidine rings is 1. The third-order valence-electron chi connectivity index (χ3n) is 8.30. The molecule has 2 aliphatic carbocycles. The summed E-state index contributed by atoms with van der Waals surface area (Å²) >= 11 is 0. The van der Waals surface area contributed by atoms with Gasteiger partial charge in [0.25, 0.3) is 0 Å². The number of likely N-dealkylation sites (N-methyl/N-ethyl adjacent to an activating group) is 1. The first kappa shape index (κ1) is 21.7. The monoisotopic (exact) mass is 455 g/mol. The first-order valence-corrected chi connectivity index (χ1v) is 11.5. The van der Waals surface area contributed by atoms with E-state index in [1.165, 1.54) is 11.1 Å². The van der Waals surface area contributed by atoms with Crippen molar-refractivity contribution in [3.63, 3.8) is 0 Å². The first-order chi connectivity index (χ1) is 15.1. The fourth-order valence-corrected chi connectivity index (χ4v) is 6.98. The molecule has 1 unspecified atom stereocenters. The quantitative estimate of drug-likeness (QED) is 0.694. The average molecular weight is 456 g/mol. The minimum Gasteiger partial charge on any atom is -0.504 e. The molecule has 2 aliphatic heterocycles. The number of nitrogens with zero attached hydrogens (tertiary/aromatic N) is 1. The second-order valence-corrected chi connectivity index (χ2v) is 9.66. The molecule has 2 aromatic rings. The van der Waals surface area contributed by atoms with Crippen molar-refractivity contribution in [2.45, 2.75) is 61.7 Å². The van der Waals surface area contributed by atoms with Crippen molar-refractivity contribution in [1.82, 2.24) is 4.90 Å². The molecule has 0 aromatic heterocycles. The summed E-state index contributed by atoms with van der Waals surface area (Å²) in [5, 5.41) is 10.6. The summed E-state index contributed by atoms with van der Waals surface area (Å²) in [6.07, 6.45) is 4.25. The van der Waals surface area contributed by atoms with Crippen LogP contribution in [0.15, 0.2) is 42.5 Å². The number of ether oxygens (including phenoxy) is 2. The second-order valence-electron chi connectivity index (χ2n) is 9.66. The van der Waals surface area contributed by atoms with Crippen molar-refractivity contribution in [2.75, 3.05) is 20.2 Å². The van der Waals surface area contributed by atoms with Gasteiger partial charge in [0, 0.05) is 24.6 Å². The number of phenolic OH excluding ortho intramolecular Hbond substituents is 1. The number of aromatic hydroxyl groups is 1. The maximum Gasteiger partial charge on any atom is 0.174 e.